The van der Waals surface area contributed by atoms with Gasteiger partial charge in [-0.15, -0.1) is 0 Å². The first-order chi connectivity index (χ1) is 7.49. The van der Waals surface area contributed by atoms with E-state index in [4.69, 9.17) is 10.1 Å². The Bertz CT molecular complexity index is 495. The molecule has 8 nitrogen and oxygen atoms in total. The van der Waals surface area contributed by atoms with E-state index in [1.165, 1.54) is 6.92 Å². The maximum absolute atomic E-state index is 11.8. The van der Waals surface area contributed by atoms with E-state index in [-0.39, 0.29) is 23.7 Å². The second-order valence-electron chi connectivity index (χ2n) is 3.01. The fraction of sp³-hybridized carbons (Fsp3) is 0.571. The summed E-state index contributed by atoms with van der Waals surface area (Å²) in [6, 6.07) is 0. The highest BCUT2D eigenvalue weighted by Gasteiger charge is 2.23. The molecule has 0 bridgehead atoms. The standard InChI is InChI=1S/C7H11N5O3S/c1-5-7(6(2)15-11-5)16(13,14)10-4-3-9-12-8/h10H,3-4H2,1-2H3. The molecule has 9 heteroatoms. The molecule has 0 radical (unpaired) electrons. The molecule has 88 valence electrons. The first-order valence-corrected chi connectivity index (χ1v) is 5.90. The van der Waals surface area contributed by atoms with Gasteiger partial charge in [-0.1, -0.05) is 10.3 Å². The molecular weight excluding hydrogens is 234 g/mol. The summed E-state index contributed by atoms with van der Waals surface area (Å²) in [4.78, 5) is 2.55. The quantitative estimate of drug-likeness (QED) is 0.358. The third-order valence-corrected chi connectivity index (χ3v) is 3.51. The Kier molecular flexibility index (Phi) is 3.88. The van der Waals surface area contributed by atoms with Crippen molar-refractivity contribution >= 4 is 10.0 Å². The van der Waals surface area contributed by atoms with Gasteiger partial charge in [0, 0.05) is 18.0 Å². The van der Waals surface area contributed by atoms with E-state index < -0.39 is 10.0 Å². The van der Waals surface area contributed by atoms with Gasteiger partial charge in [-0.2, -0.15) is 0 Å². The van der Waals surface area contributed by atoms with E-state index in [2.05, 4.69) is 19.9 Å². The molecule has 0 saturated carbocycles. The van der Waals surface area contributed by atoms with Gasteiger partial charge in [0.1, 0.15) is 10.6 Å². The summed E-state index contributed by atoms with van der Waals surface area (Å²) >= 11 is 0. The number of aryl methyl sites for hydroxylation is 2. The van der Waals surface area contributed by atoms with Crippen LogP contribution in [-0.2, 0) is 10.0 Å². The van der Waals surface area contributed by atoms with Gasteiger partial charge < -0.3 is 4.52 Å². The molecule has 16 heavy (non-hydrogen) atoms. The molecule has 0 atom stereocenters. The second kappa shape index (κ2) is 4.97. The van der Waals surface area contributed by atoms with E-state index in [9.17, 15) is 8.42 Å². The maximum Gasteiger partial charge on any atom is 0.245 e. The second-order valence-corrected chi connectivity index (χ2v) is 4.71. The number of nitrogens with zero attached hydrogens (tertiary/aromatic N) is 4. The number of aromatic nitrogens is 1. The summed E-state index contributed by atoms with van der Waals surface area (Å²) in [6.45, 7) is 3.15. The Hall–Kier alpha value is -1.57. The lowest BCUT2D eigenvalue weighted by atomic mass is 10.4. The van der Waals surface area contributed by atoms with Gasteiger partial charge in [0.2, 0.25) is 10.0 Å². The van der Waals surface area contributed by atoms with E-state index in [1.54, 1.807) is 6.92 Å². The Morgan fingerprint density at radius 3 is 2.75 bits per heavy atom. The van der Waals surface area contributed by atoms with Crippen LogP contribution >= 0.6 is 0 Å². The lowest BCUT2D eigenvalue weighted by Crippen LogP contribution is -2.27. The normalized spacial score (nSPS) is 11.1. The fourth-order valence-electron chi connectivity index (χ4n) is 1.21. The molecule has 0 aliphatic carbocycles. The molecule has 0 fully saturated rings. The molecule has 1 aromatic heterocycles. The molecule has 1 rings (SSSR count). The average Bonchev–Trinajstić information content (AvgIpc) is 2.54. The van der Waals surface area contributed by atoms with Crippen LogP contribution in [0.2, 0.25) is 0 Å². The summed E-state index contributed by atoms with van der Waals surface area (Å²) in [6.07, 6.45) is 0. The van der Waals surface area contributed by atoms with Gasteiger partial charge in [0.15, 0.2) is 5.76 Å². The van der Waals surface area contributed by atoms with Crippen molar-refractivity contribution in [3.63, 3.8) is 0 Å². The van der Waals surface area contributed by atoms with Crippen LogP contribution < -0.4 is 4.72 Å². The zero-order chi connectivity index (χ0) is 12.2. The molecule has 1 aromatic rings. The van der Waals surface area contributed by atoms with Crippen LogP contribution in [0.1, 0.15) is 11.5 Å². The number of nitrogens with one attached hydrogen (secondary N) is 1. The minimum Gasteiger partial charge on any atom is -0.360 e. The van der Waals surface area contributed by atoms with Crippen molar-refractivity contribution in [2.24, 2.45) is 5.11 Å². The van der Waals surface area contributed by atoms with Crippen LogP contribution in [-0.4, -0.2) is 26.7 Å². The van der Waals surface area contributed by atoms with E-state index >= 15 is 0 Å². The predicted octanol–water partition coefficient (Wildman–Crippen LogP) is 0.880. The molecule has 0 saturated heterocycles. The first-order valence-electron chi connectivity index (χ1n) is 4.42. The summed E-state index contributed by atoms with van der Waals surface area (Å²) in [7, 11) is -3.65. The number of azide groups is 1. The van der Waals surface area contributed by atoms with Crippen molar-refractivity contribution in [1.82, 2.24) is 9.88 Å². The fourth-order valence-corrected chi connectivity index (χ4v) is 2.55. The van der Waals surface area contributed by atoms with Gasteiger partial charge in [-0.3, -0.25) is 0 Å². The van der Waals surface area contributed by atoms with Crippen molar-refractivity contribution < 1.29 is 12.9 Å². The van der Waals surface area contributed by atoms with Crippen LogP contribution in [0.25, 0.3) is 10.4 Å². The SMILES string of the molecule is Cc1noc(C)c1S(=O)(=O)NCCN=[N+]=[N-]. The van der Waals surface area contributed by atoms with Crippen molar-refractivity contribution in [1.29, 1.82) is 0 Å². The molecule has 0 unspecified atom stereocenters. The predicted molar refractivity (Wildman–Crippen MR) is 55.2 cm³/mol. The van der Waals surface area contributed by atoms with Crippen LogP contribution in [0.5, 0.6) is 0 Å². The largest absolute Gasteiger partial charge is 0.360 e. The Morgan fingerprint density at radius 2 is 2.25 bits per heavy atom. The minimum absolute atomic E-state index is 0.0356. The Labute approximate surface area is 92.3 Å². The molecule has 0 aromatic carbocycles. The third-order valence-electron chi connectivity index (χ3n) is 1.80. The minimum atomic E-state index is -3.65. The Balaban J connectivity index is 2.82. The van der Waals surface area contributed by atoms with Gasteiger partial charge in [0.05, 0.1) is 0 Å². The maximum atomic E-state index is 11.8. The van der Waals surface area contributed by atoms with Gasteiger partial charge in [-0.25, -0.2) is 13.1 Å². The van der Waals surface area contributed by atoms with Gasteiger partial charge in [0.25, 0.3) is 0 Å². The number of hydrogen-bond acceptors (Lipinski definition) is 5. The summed E-state index contributed by atoms with van der Waals surface area (Å²) in [5.41, 5.74) is 8.32. The zero-order valence-electron chi connectivity index (χ0n) is 8.84. The topological polar surface area (TPSA) is 121 Å². The van der Waals surface area contributed by atoms with Crippen LogP contribution in [0.3, 0.4) is 0 Å². The molecule has 0 spiro atoms. The number of sulfonamides is 1. The highest BCUT2D eigenvalue weighted by Crippen LogP contribution is 2.17. The van der Waals surface area contributed by atoms with Crippen molar-refractivity contribution in [2.75, 3.05) is 13.1 Å². The molecule has 1 N–H and O–H groups in total. The summed E-state index contributed by atoms with van der Waals surface area (Å²) < 4.78 is 30.5. The zero-order valence-corrected chi connectivity index (χ0v) is 9.65. The summed E-state index contributed by atoms with van der Waals surface area (Å²) in [5, 5.41) is 6.77. The molecule has 1 heterocycles. The van der Waals surface area contributed by atoms with Crippen LogP contribution in [0.15, 0.2) is 14.5 Å². The monoisotopic (exact) mass is 245 g/mol. The molecular formula is C7H11N5O3S. The first kappa shape index (κ1) is 12.5. The lowest BCUT2D eigenvalue weighted by Gasteiger charge is -2.03. The smallest absolute Gasteiger partial charge is 0.245 e. The highest BCUT2D eigenvalue weighted by molar-refractivity contribution is 7.89. The lowest BCUT2D eigenvalue weighted by molar-refractivity contribution is 0.390. The van der Waals surface area contributed by atoms with Crippen molar-refractivity contribution in [3.8, 4) is 0 Å². The molecule has 0 aliphatic rings. The average molecular weight is 245 g/mol. The summed E-state index contributed by atoms with van der Waals surface area (Å²) in [5.74, 6) is 0.230. The third kappa shape index (κ3) is 2.72. The molecule has 0 amide bonds. The number of rotatable bonds is 5. The van der Waals surface area contributed by atoms with Crippen LogP contribution in [0.4, 0.5) is 0 Å². The van der Waals surface area contributed by atoms with Crippen LogP contribution in [0, 0.1) is 13.8 Å². The van der Waals surface area contributed by atoms with E-state index in [0.29, 0.717) is 5.69 Å². The highest BCUT2D eigenvalue weighted by atomic mass is 32.2. The van der Waals surface area contributed by atoms with Gasteiger partial charge >= 0.3 is 0 Å². The Morgan fingerprint density at radius 1 is 1.56 bits per heavy atom. The number of hydrogen-bond donors (Lipinski definition) is 1. The van der Waals surface area contributed by atoms with Crippen molar-refractivity contribution in [2.45, 2.75) is 18.7 Å². The van der Waals surface area contributed by atoms with Gasteiger partial charge in [-0.05, 0) is 19.4 Å². The van der Waals surface area contributed by atoms with E-state index in [0.717, 1.165) is 0 Å². The molecule has 0 aliphatic heterocycles. The van der Waals surface area contributed by atoms with E-state index in [1.807, 2.05) is 0 Å². The van der Waals surface area contributed by atoms with Crippen molar-refractivity contribution in [3.05, 3.63) is 21.9 Å².